The second kappa shape index (κ2) is 15.4. The van der Waals surface area contributed by atoms with Crippen LogP contribution in [0.4, 0.5) is 0 Å². The Morgan fingerprint density at radius 3 is 2.40 bits per heavy atom. The molecule has 42 heavy (non-hydrogen) atoms. The maximum absolute atomic E-state index is 13.4. The zero-order valence-electron chi connectivity index (χ0n) is 24.6. The standard InChI is InChI=1S/C35H40N2O4S/c1-4-5-15-31(33-19-18-32(42-33)26-12-7-6-8-13-26)41-23-25-16-17-28(29(22-25)27-14-10-9-11-24(27)2)34(38)37-30(35(39)40)20-21-36-3/h6-14,16-19,22,30-31,36H,4-5,15,20-21,23H2,1-3H3,(H,37,38)(H,39,40). The van der Waals surface area contributed by atoms with E-state index in [4.69, 9.17) is 4.74 Å². The van der Waals surface area contributed by atoms with Crippen molar-refractivity contribution in [2.45, 2.75) is 58.3 Å². The molecule has 0 radical (unpaired) electrons. The lowest BCUT2D eigenvalue weighted by atomic mass is 9.93. The Kier molecular flexibility index (Phi) is 11.5. The molecule has 0 aliphatic heterocycles. The highest BCUT2D eigenvalue weighted by atomic mass is 32.1. The summed E-state index contributed by atoms with van der Waals surface area (Å²) in [5.74, 6) is -1.46. The van der Waals surface area contributed by atoms with Crippen LogP contribution in [0.3, 0.4) is 0 Å². The van der Waals surface area contributed by atoms with Gasteiger partial charge in [0.25, 0.3) is 5.91 Å². The van der Waals surface area contributed by atoms with Gasteiger partial charge in [0.1, 0.15) is 6.04 Å². The monoisotopic (exact) mass is 584 g/mol. The molecule has 0 bridgehead atoms. The van der Waals surface area contributed by atoms with E-state index >= 15 is 0 Å². The zero-order chi connectivity index (χ0) is 29.9. The van der Waals surface area contributed by atoms with E-state index < -0.39 is 17.9 Å². The molecule has 1 aromatic heterocycles. The van der Waals surface area contributed by atoms with Crippen molar-refractivity contribution in [2.75, 3.05) is 13.6 Å². The second-order valence-corrected chi connectivity index (χ2v) is 11.6. The van der Waals surface area contributed by atoms with E-state index in [1.165, 1.54) is 15.3 Å². The Labute approximate surface area is 252 Å². The van der Waals surface area contributed by atoms with Crippen molar-refractivity contribution in [3.63, 3.8) is 0 Å². The molecule has 4 rings (SSSR count). The van der Waals surface area contributed by atoms with Gasteiger partial charge in [-0.3, -0.25) is 4.79 Å². The fourth-order valence-electron chi connectivity index (χ4n) is 4.94. The SMILES string of the molecule is CCCCC(OCc1ccc(C(=O)NC(CCNC)C(=O)O)c(-c2ccccc2C)c1)c1ccc(-c2ccccc2)s1. The van der Waals surface area contributed by atoms with Gasteiger partial charge in [-0.2, -0.15) is 0 Å². The third kappa shape index (κ3) is 8.16. The molecule has 220 valence electrons. The molecule has 0 aliphatic rings. The Morgan fingerprint density at radius 1 is 0.929 bits per heavy atom. The molecule has 0 spiro atoms. The summed E-state index contributed by atoms with van der Waals surface area (Å²) < 4.78 is 6.55. The third-order valence-corrected chi connectivity index (χ3v) is 8.55. The Hall–Kier alpha value is -3.78. The average molecular weight is 585 g/mol. The van der Waals surface area contributed by atoms with Gasteiger partial charge in [0.2, 0.25) is 0 Å². The lowest BCUT2D eigenvalue weighted by molar-refractivity contribution is -0.139. The number of carboxylic acid groups (broad SMARTS) is 1. The molecule has 0 saturated carbocycles. The molecule has 2 atom stereocenters. The van der Waals surface area contributed by atoms with Gasteiger partial charge in [0, 0.05) is 15.3 Å². The van der Waals surface area contributed by atoms with E-state index in [0.29, 0.717) is 18.7 Å². The predicted octanol–water partition coefficient (Wildman–Crippen LogP) is 7.63. The smallest absolute Gasteiger partial charge is 0.326 e. The van der Waals surface area contributed by atoms with E-state index in [2.05, 4.69) is 54.0 Å². The Morgan fingerprint density at radius 2 is 1.69 bits per heavy atom. The minimum atomic E-state index is -1.05. The number of benzene rings is 3. The van der Waals surface area contributed by atoms with Crippen LogP contribution in [0, 0.1) is 6.92 Å². The zero-order valence-corrected chi connectivity index (χ0v) is 25.4. The number of nitrogens with one attached hydrogen (secondary N) is 2. The quantitative estimate of drug-likeness (QED) is 0.134. The Bertz CT molecular complexity index is 1470. The summed E-state index contributed by atoms with van der Waals surface area (Å²) in [4.78, 5) is 27.6. The first kappa shape index (κ1) is 31.2. The minimum absolute atomic E-state index is 0.0270. The average Bonchev–Trinajstić information content (AvgIpc) is 3.50. The van der Waals surface area contributed by atoms with Crippen molar-refractivity contribution in [3.8, 4) is 21.6 Å². The van der Waals surface area contributed by atoms with Gasteiger partial charge in [-0.25, -0.2) is 4.79 Å². The highest BCUT2D eigenvalue weighted by molar-refractivity contribution is 7.15. The van der Waals surface area contributed by atoms with Crippen LogP contribution >= 0.6 is 11.3 Å². The van der Waals surface area contributed by atoms with Crippen LogP contribution < -0.4 is 10.6 Å². The van der Waals surface area contributed by atoms with Crippen LogP contribution in [0.5, 0.6) is 0 Å². The predicted molar refractivity (Wildman–Crippen MR) is 171 cm³/mol. The van der Waals surface area contributed by atoms with Crippen molar-refractivity contribution in [1.82, 2.24) is 10.6 Å². The number of aliphatic carboxylic acids is 1. The van der Waals surface area contributed by atoms with Gasteiger partial charge >= 0.3 is 5.97 Å². The molecule has 7 heteroatoms. The highest BCUT2D eigenvalue weighted by Crippen LogP contribution is 2.36. The van der Waals surface area contributed by atoms with E-state index in [0.717, 1.165) is 41.5 Å². The van der Waals surface area contributed by atoms with Crippen LogP contribution in [-0.4, -0.2) is 36.6 Å². The third-order valence-electron chi connectivity index (χ3n) is 7.32. The highest BCUT2D eigenvalue weighted by Gasteiger charge is 2.23. The van der Waals surface area contributed by atoms with Crippen molar-refractivity contribution >= 4 is 23.2 Å². The van der Waals surface area contributed by atoms with Crippen LogP contribution in [0.2, 0.25) is 0 Å². The van der Waals surface area contributed by atoms with Gasteiger partial charge in [0.05, 0.1) is 12.7 Å². The fourth-order valence-corrected chi connectivity index (χ4v) is 6.03. The molecule has 0 saturated heterocycles. The summed E-state index contributed by atoms with van der Waals surface area (Å²) in [6.07, 6.45) is 3.34. The van der Waals surface area contributed by atoms with Crippen LogP contribution in [-0.2, 0) is 16.1 Å². The number of rotatable bonds is 15. The van der Waals surface area contributed by atoms with Gasteiger partial charge in [-0.15, -0.1) is 11.3 Å². The molecular formula is C35H40N2O4S. The first-order valence-corrected chi connectivity index (χ1v) is 15.4. The Balaban J connectivity index is 1.59. The molecule has 1 heterocycles. The van der Waals surface area contributed by atoms with Crippen molar-refractivity contribution in [1.29, 1.82) is 0 Å². The van der Waals surface area contributed by atoms with Gasteiger partial charge in [0.15, 0.2) is 0 Å². The van der Waals surface area contributed by atoms with Crippen LogP contribution in [0.15, 0.2) is 84.9 Å². The summed E-state index contributed by atoms with van der Waals surface area (Å²) in [5, 5.41) is 15.3. The van der Waals surface area contributed by atoms with Crippen LogP contribution in [0.1, 0.15) is 65.1 Å². The number of thiophene rings is 1. The maximum Gasteiger partial charge on any atom is 0.326 e. The number of hydrogen-bond acceptors (Lipinski definition) is 5. The van der Waals surface area contributed by atoms with E-state index in [1.807, 2.05) is 49.4 Å². The summed E-state index contributed by atoms with van der Waals surface area (Å²) in [6.45, 7) is 5.07. The number of aryl methyl sites for hydroxylation is 1. The van der Waals surface area contributed by atoms with Crippen molar-refractivity contribution in [2.24, 2.45) is 0 Å². The molecule has 0 aliphatic carbocycles. The molecule has 3 aromatic carbocycles. The number of unbranched alkanes of at least 4 members (excludes halogenated alkanes) is 1. The number of hydrogen-bond donors (Lipinski definition) is 3. The molecule has 0 fully saturated rings. The normalized spacial score (nSPS) is 12.5. The van der Waals surface area contributed by atoms with E-state index in [1.54, 1.807) is 24.5 Å². The van der Waals surface area contributed by atoms with Crippen LogP contribution in [0.25, 0.3) is 21.6 Å². The van der Waals surface area contributed by atoms with Gasteiger partial charge in [-0.05, 0) is 85.4 Å². The molecule has 6 nitrogen and oxygen atoms in total. The van der Waals surface area contributed by atoms with E-state index in [-0.39, 0.29) is 12.5 Å². The fraction of sp³-hybridized carbons (Fsp3) is 0.314. The first-order valence-electron chi connectivity index (χ1n) is 14.5. The number of ether oxygens (including phenoxy) is 1. The molecule has 2 unspecified atom stereocenters. The molecule has 4 aromatic rings. The number of carbonyl (C=O) groups is 2. The largest absolute Gasteiger partial charge is 0.480 e. The molecule has 3 N–H and O–H groups in total. The van der Waals surface area contributed by atoms with Gasteiger partial charge in [-0.1, -0.05) is 80.4 Å². The number of carbonyl (C=O) groups excluding carboxylic acids is 1. The number of amides is 1. The second-order valence-electron chi connectivity index (χ2n) is 10.5. The maximum atomic E-state index is 13.4. The van der Waals surface area contributed by atoms with Gasteiger partial charge < -0.3 is 20.5 Å². The molecule has 1 amide bonds. The van der Waals surface area contributed by atoms with E-state index in [9.17, 15) is 14.7 Å². The summed E-state index contributed by atoms with van der Waals surface area (Å²) in [5.41, 5.74) is 5.32. The first-order chi connectivity index (χ1) is 20.4. The van der Waals surface area contributed by atoms with Crippen molar-refractivity contribution in [3.05, 3.63) is 106 Å². The molecular weight excluding hydrogens is 544 g/mol. The lowest BCUT2D eigenvalue weighted by Crippen LogP contribution is -2.42. The summed E-state index contributed by atoms with van der Waals surface area (Å²) >= 11 is 1.77. The summed E-state index contributed by atoms with van der Waals surface area (Å²) in [7, 11) is 1.76. The topological polar surface area (TPSA) is 87.7 Å². The van der Waals surface area contributed by atoms with Crippen molar-refractivity contribution < 1.29 is 19.4 Å². The lowest BCUT2D eigenvalue weighted by Gasteiger charge is -2.19. The summed E-state index contributed by atoms with van der Waals surface area (Å²) in [6, 6.07) is 27.3. The minimum Gasteiger partial charge on any atom is -0.480 e. The number of carboxylic acids is 1.